The van der Waals surface area contributed by atoms with Crippen molar-refractivity contribution in [1.82, 2.24) is 0 Å². The van der Waals surface area contributed by atoms with Crippen molar-refractivity contribution in [2.45, 2.75) is 6.92 Å². The van der Waals surface area contributed by atoms with Gasteiger partial charge < -0.3 is 0 Å². The zero-order valence-corrected chi connectivity index (χ0v) is 17.8. The van der Waals surface area contributed by atoms with E-state index >= 15 is 0 Å². The lowest BCUT2D eigenvalue weighted by Gasteiger charge is -2.07. The Kier molecular flexibility index (Phi) is 3.71. The molecule has 26 heavy (non-hydrogen) atoms. The predicted molar refractivity (Wildman–Crippen MR) is 121 cm³/mol. The average molecular weight is 484 g/mol. The van der Waals surface area contributed by atoms with Gasteiger partial charge in [0.15, 0.2) is 5.43 Å². The first kappa shape index (κ1) is 16.4. The first-order valence-electron chi connectivity index (χ1n) is 8.19. The van der Waals surface area contributed by atoms with Gasteiger partial charge in [-0.3, -0.25) is 4.79 Å². The summed E-state index contributed by atoms with van der Waals surface area (Å²) in [5.41, 5.74) is 1.24. The van der Waals surface area contributed by atoms with E-state index in [0.29, 0.717) is 0 Å². The van der Waals surface area contributed by atoms with Crippen molar-refractivity contribution in [2.75, 3.05) is 0 Å². The van der Waals surface area contributed by atoms with E-state index in [2.05, 4.69) is 74.3 Å². The van der Waals surface area contributed by atoms with Crippen molar-refractivity contribution in [3.05, 3.63) is 79.3 Å². The minimum Gasteiger partial charge on any atom is -0.289 e. The van der Waals surface area contributed by atoms with Gasteiger partial charge in [0.1, 0.15) is 0 Å². The second-order valence-corrected chi connectivity index (χ2v) is 9.38. The molecule has 0 spiro atoms. The average Bonchev–Trinajstić information content (AvgIpc) is 2.61. The first-order chi connectivity index (χ1) is 12.5. The van der Waals surface area contributed by atoms with Gasteiger partial charge in [0.05, 0.1) is 0 Å². The third kappa shape index (κ3) is 2.51. The summed E-state index contributed by atoms with van der Waals surface area (Å²) in [6, 6.07) is 18.9. The van der Waals surface area contributed by atoms with E-state index in [1.54, 1.807) is 11.3 Å². The van der Waals surface area contributed by atoms with Gasteiger partial charge in [-0.2, -0.15) is 0 Å². The van der Waals surface area contributed by atoms with Crippen LogP contribution in [0.4, 0.5) is 0 Å². The smallest absolute Gasteiger partial charge is 0.195 e. The zero-order chi connectivity index (χ0) is 18.0. The second-order valence-electron chi connectivity index (χ2n) is 6.59. The maximum absolute atomic E-state index is 13.0. The van der Waals surface area contributed by atoms with E-state index in [9.17, 15) is 4.79 Å². The molecule has 0 aliphatic carbocycles. The van der Waals surface area contributed by atoms with Crippen LogP contribution in [0.5, 0.6) is 0 Å². The Bertz CT molecular complexity index is 1430. The zero-order valence-electron chi connectivity index (χ0n) is 13.8. The van der Waals surface area contributed by atoms with Crippen molar-refractivity contribution in [3.8, 4) is 0 Å². The van der Waals surface area contributed by atoms with Crippen LogP contribution in [0.2, 0.25) is 0 Å². The molecular weight excluding hydrogens is 472 g/mol. The minimum absolute atomic E-state index is 0.122. The minimum atomic E-state index is 0.122. The molecule has 0 fully saturated rings. The van der Waals surface area contributed by atoms with Gasteiger partial charge in [0.2, 0.25) is 0 Å². The Morgan fingerprint density at radius 3 is 1.96 bits per heavy atom. The molecule has 0 aliphatic heterocycles. The van der Waals surface area contributed by atoms with E-state index in [1.165, 1.54) is 5.39 Å². The molecule has 0 unspecified atom stereocenters. The van der Waals surface area contributed by atoms with Crippen molar-refractivity contribution >= 4 is 84.9 Å². The number of halogens is 2. The van der Waals surface area contributed by atoms with Gasteiger partial charge in [0.25, 0.3) is 0 Å². The van der Waals surface area contributed by atoms with Gasteiger partial charge in [-0.05, 0) is 109 Å². The van der Waals surface area contributed by atoms with Gasteiger partial charge >= 0.3 is 0 Å². The molecule has 4 aromatic carbocycles. The number of fused-ring (bicyclic) bond motifs is 4. The molecular formula is C22H12Br2OS. The lowest BCUT2D eigenvalue weighted by molar-refractivity contribution is 1.51. The van der Waals surface area contributed by atoms with E-state index in [4.69, 9.17) is 0 Å². The van der Waals surface area contributed by atoms with Crippen LogP contribution in [0.1, 0.15) is 5.56 Å². The highest BCUT2D eigenvalue weighted by Crippen LogP contribution is 2.34. The second kappa shape index (κ2) is 5.88. The molecule has 0 radical (unpaired) electrons. The van der Waals surface area contributed by atoms with Crippen molar-refractivity contribution in [3.63, 3.8) is 0 Å². The van der Waals surface area contributed by atoms with Crippen LogP contribution >= 0.6 is 43.2 Å². The van der Waals surface area contributed by atoms with Gasteiger partial charge in [-0.1, -0.05) is 11.6 Å². The van der Waals surface area contributed by atoms with Crippen LogP contribution in [0.3, 0.4) is 0 Å². The van der Waals surface area contributed by atoms with Crippen molar-refractivity contribution < 1.29 is 0 Å². The number of benzene rings is 4. The van der Waals surface area contributed by atoms with Crippen LogP contribution in [-0.4, -0.2) is 0 Å². The van der Waals surface area contributed by atoms with E-state index in [0.717, 1.165) is 50.8 Å². The van der Waals surface area contributed by atoms with E-state index in [-0.39, 0.29) is 5.43 Å². The molecule has 126 valence electrons. The Morgan fingerprint density at radius 1 is 0.692 bits per heavy atom. The highest BCUT2D eigenvalue weighted by atomic mass is 79.9. The molecule has 1 heterocycles. The fourth-order valence-electron chi connectivity index (χ4n) is 3.46. The molecule has 0 bridgehead atoms. The van der Waals surface area contributed by atoms with Gasteiger partial charge in [-0.25, -0.2) is 0 Å². The maximum Gasteiger partial charge on any atom is 0.195 e. The monoisotopic (exact) mass is 482 g/mol. The standard InChI is InChI=1S/C22H12Br2OS/c1-11-2-3-20-16(4-11)22(25)17-7-12-5-13-8-18(23)19(24)9-14(13)6-15(12)10-21(17)26-20/h2-10H,1H3. The molecule has 1 nitrogen and oxygen atoms in total. The van der Waals surface area contributed by atoms with Crippen LogP contribution in [0, 0.1) is 6.92 Å². The summed E-state index contributed by atoms with van der Waals surface area (Å²) in [4.78, 5) is 13.0. The summed E-state index contributed by atoms with van der Waals surface area (Å²) in [6.07, 6.45) is 0. The maximum atomic E-state index is 13.0. The summed E-state index contributed by atoms with van der Waals surface area (Å²) >= 11 is 8.83. The molecule has 0 N–H and O–H groups in total. The summed E-state index contributed by atoms with van der Waals surface area (Å²) in [6.45, 7) is 2.02. The number of aryl methyl sites for hydroxylation is 1. The third-order valence-corrected chi connectivity index (χ3v) is 7.76. The number of hydrogen-bond acceptors (Lipinski definition) is 2. The molecule has 0 saturated carbocycles. The molecule has 5 aromatic rings. The van der Waals surface area contributed by atoms with Crippen LogP contribution in [-0.2, 0) is 0 Å². The van der Waals surface area contributed by atoms with Gasteiger partial charge in [-0.15, -0.1) is 11.3 Å². The molecule has 0 saturated heterocycles. The number of hydrogen-bond donors (Lipinski definition) is 0. The molecule has 0 aliphatic rings. The highest BCUT2D eigenvalue weighted by molar-refractivity contribution is 9.13. The fourth-order valence-corrected chi connectivity index (χ4v) is 5.26. The first-order valence-corrected chi connectivity index (χ1v) is 10.6. The Balaban J connectivity index is 1.93. The highest BCUT2D eigenvalue weighted by Gasteiger charge is 2.09. The summed E-state index contributed by atoms with van der Waals surface area (Å²) < 4.78 is 4.14. The molecule has 0 amide bonds. The lowest BCUT2D eigenvalue weighted by atomic mass is 10.0. The van der Waals surface area contributed by atoms with E-state index < -0.39 is 0 Å². The Hall–Kier alpha value is -1.75. The predicted octanol–water partition coefficient (Wildman–Crippen LogP) is 7.55. The molecule has 0 atom stereocenters. The van der Waals surface area contributed by atoms with Crippen molar-refractivity contribution in [2.24, 2.45) is 0 Å². The quantitative estimate of drug-likeness (QED) is 0.208. The van der Waals surface area contributed by atoms with Gasteiger partial charge in [0, 0.05) is 29.1 Å². The Labute approximate surface area is 170 Å². The summed E-state index contributed by atoms with van der Waals surface area (Å²) in [5, 5.41) is 6.19. The molecule has 5 rings (SSSR count). The molecule has 4 heteroatoms. The Morgan fingerprint density at radius 2 is 1.27 bits per heavy atom. The van der Waals surface area contributed by atoms with E-state index in [1.807, 2.05) is 19.1 Å². The normalized spacial score (nSPS) is 11.8. The van der Waals surface area contributed by atoms with Crippen molar-refractivity contribution in [1.29, 1.82) is 0 Å². The summed E-state index contributed by atoms with van der Waals surface area (Å²) in [7, 11) is 0. The lowest BCUT2D eigenvalue weighted by Crippen LogP contribution is -2.01. The third-order valence-electron chi connectivity index (χ3n) is 4.78. The SMILES string of the molecule is Cc1ccc2sc3cc4cc5cc(Br)c(Br)cc5cc4cc3c(=O)c2c1. The largest absolute Gasteiger partial charge is 0.289 e. The van der Waals surface area contributed by atoms with Crippen LogP contribution < -0.4 is 5.43 Å². The molecule has 1 aromatic heterocycles. The fraction of sp³-hybridized carbons (Fsp3) is 0.0455. The van der Waals surface area contributed by atoms with Crippen LogP contribution in [0.15, 0.2) is 68.3 Å². The topological polar surface area (TPSA) is 17.1 Å². The summed E-state index contributed by atoms with van der Waals surface area (Å²) in [5.74, 6) is 0. The van der Waals surface area contributed by atoms with Crippen LogP contribution in [0.25, 0.3) is 41.7 Å². The number of rotatable bonds is 0.